The van der Waals surface area contributed by atoms with E-state index in [1.54, 1.807) is 0 Å². The second-order valence-electron chi connectivity index (χ2n) is 5.31. The molecule has 5 N–H and O–H groups in total. The summed E-state index contributed by atoms with van der Waals surface area (Å²) < 4.78 is 0. The van der Waals surface area contributed by atoms with Crippen molar-refractivity contribution in [3.63, 3.8) is 0 Å². The topological polar surface area (TPSA) is 98.8 Å². The van der Waals surface area contributed by atoms with Gasteiger partial charge < -0.3 is 26.2 Å². The van der Waals surface area contributed by atoms with E-state index < -0.39 is 5.97 Å². The van der Waals surface area contributed by atoms with Crippen molar-refractivity contribution in [3.05, 3.63) is 0 Å². The second kappa shape index (κ2) is 9.25. The number of nitrogens with two attached hydrogens (primary N) is 1. The lowest BCUT2D eigenvalue weighted by molar-refractivity contribution is -0.137. The number of hydrogen-bond donors (Lipinski definition) is 4. The zero-order valence-corrected chi connectivity index (χ0v) is 11.6. The van der Waals surface area contributed by atoms with Gasteiger partial charge in [0.2, 0.25) is 0 Å². The Balaban J connectivity index is 2.40. The molecule has 0 aromatic carbocycles. The first-order valence-corrected chi connectivity index (χ1v) is 7.14. The van der Waals surface area contributed by atoms with Crippen molar-refractivity contribution in [1.82, 2.24) is 10.2 Å². The number of carboxylic acid groups (broad SMARTS) is 1. The molecule has 0 aromatic rings. The highest BCUT2D eigenvalue weighted by atomic mass is 16.4. The van der Waals surface area contributed by atoms with E-state index >= 15 is 0 Å². The average Bonchev–Trinajstić information content (AvgIpc) is 2.37. The summed E-state index contributed by atoms with van der Waals surface area (Å²) in [6, 6.07) is 0.380. The molecule has 1 heterocycles. The Morgan fingerprint density at radius 3 is 2.84 bits per heavy atom. The molecule has 1 aliphatic heterocycles. The summed E-state index contributed by atoms with van der Waals surface area (Å²) in [5.41, 5.74) is 5.60. The number of carbonyl (C=O) groups is 1. The maximum Gasteiger partial charge on any atom is 0.303 e. The van der Waals surface area contributed by atoms with Gasteiger partial charge in [-0.15, -0.1) is 0 Å². The van der Waals surface area contributed by atoms with Gasteiger partial charge in [-0.05, 0) is 31.7 Å². The van der Waals surface area contributed by atoms with E-state index in [0.717, 1.165) is 45.4 Å². The van der Waals surface area contributed by atoms with E-state index in [0.29, 0.717) is 18.5 Å². The molecule has 1 rings (SSSR count). The number of piperidine rings is 1. The molecular formula is C13H27N3O3. The molecule has 112 valence electrons. The standard InChI is InChI=1S/C13H27N3O3/c14-4-6-16-9-11(2-3-13(18)19)8-12(10-16)15-5-1-7-17/h11-12,15,17H,1-10,14H2,(H,18,19). The quantitative estimate of drug-likeness (QED) is 0.422. The third-order valence-electron chi connectivity index (χ3n) is 3.59. The van der Waals surface area contributed by atoms with Gasteiger partial charge in [-0.25, -0.2) is 0 Å². The Morgan fingerprint density at radius 2 is 2.21 bits per heavy atom. The van der Waals surface area contributed by atoms with Gasteiger partial charge in [0.15, 0.2) is 0 Å². The van der Waals surface area contributed by atoms with Crippen LogP contribution in [0, 0.1) is 5.92 Å². The van der Waals surface area contributed by atoms with Gasteiger partial charge in [0, 0.05) is 45.2 Å². The van der Waals surface area contributed by atoms with Gasteiger partial charge in [0.25, 0.3) is 0 Å². The Bertz CT molecular complexity index is 264. The Hall–Kier alpha value is -0.690. The molecule has 0 saturated carbocycles. The molecule has 0 spiro atoms. The molecule has 0 aromatic heterocycles. The number of rotatable bonds is 9. The highest BCUT2D eigenvalue weighted by molar-refractivity contribution is 5.66. The lowest BCUT2D eigenvalue weighted by Crippen LogP contribution is -2.50. The summed E-state index contributed by atoms with van der Waals surface area (Å²) in [5, 5.41) is 21.0. The van der Waals surface area contributed by atoms with Gasteiger partial charge in [-0.3, -0.25) is 4.79 Å². The fourth-order valence-electron chi connectivity index (χ4n) is 2.74. The highest BCUT2D eigenvalue weighted by Crippen LogP contribution is 2.21. The molecule has 1 aliphatic rings. The Morgan fingerprint density at radius 1 is 1.42 bits per heavy atom. The fraction of sp³-hybridized carbons (Fsp3) is 0.923. The summed E-state index contributed by atoms with van der Waals surface area (Å²) in [6.45, 7) is 4.42. The molecule has 0 aliphatic carbocycles. The summed E-state index contributed by atoms with van der Waals surface area (Å²) in [5.74, 6) is -0.302. The van der Waals surface area contributed by atoms with Crippen LogP contribution >= 0.6 is 0 Å². The zero-order chi connectivity index (χ0) is 14.1. The summed E-state index contributed by atoms with van der Waals surface area (Å²) >= 11 is 0. The van der Waals surface area contributed by atoms with E-state index in [1.165, 1.54) is 0 Å². The van der Waals surface area contributed by atoms with Crippen LogP contribution < -0.4 is 11.1 Å². The highest BCUT2D eigenvalue weighted by Gasteiger charge is 2.26. The van der Waals surface area contributed by atoms with Crippen LogP contribution in [0.5, 0.6) is 0 Å². The van der Waals surface area contributed by atoms with Gasteiger partial charge in [-0.2, -0.15) is 0 Å². The first-order chi connectivity index (χ1) is 9.15. The maximum atomic E-state index is 10.7. The van der Waals surface area contributed by atoms with Crippen molar-refractivity contribution in [1.29, 1.82) is 0 Å². The lowest BCUT2D eigenvalue weighted by Gasteiger charge is -2.38. The first kappa shape index (κ1) is 16.4. The van der Waals surface area contributed by atoms with E-state index in [9.17, 15) is 4.79 Å². The van der Waals surface area contributed by atoms with E-state index in [1.807, 2.05) is 0 Å². The number of aliphatic hydroxyl groups excluding tert-OH is 1. The van der Waals surface area contributed by atoms with Gasteiger partial charge in [0.1, 0.15) is 0 Å². The van der Waals surface area contributed by atoms with Crippen LogP contribution in [0.25, 0.3) is 0 Å². The summed E-state index contributed by atoms with van der Waals surface area (Å²) in [4.78, 5) is 13.0. The number of likely N-dealkylation sites (tertiary alicyclic amines) is 1. The predicted octanol–water partition coefficient (Wildman–Crippen LogP) is -0.528. The fourth-order valence-corrected chi connectivity index (χ4v) is 2.74. The molecule has 0 amide bonds. The molecule has 0 radical (unpaired) electrons. The van der Waals surface area contributed by atoms with Crippen LogP contribution in [0.2, 0.25) is 0 Å². The number of nitrogens with zero attached hydrogens (tertiary/aromatic N) is 1. The molecule has 1 fully saturated rings. The van der Waals surface area contributed by atoms with Crippen molar-refractivity contribution in [3.8, 4) is 0 Å². The van der Waals surface area contributed by atoms with Crippen molar-refractivity contribution in [2.45, 2.75) is 31.7 Å². The molecule has 2 unspecified atom stereocenters. The number of hydrogen-bond acceptors (Lipinski definition) is 5. The van der Waals surface area contributed by atoms with Crippen molar-refractivity contribution >= 4 is 5.97 Å². The van der Waals surface area contributed by atoms with Crippen LogP contribution in [-0.2, 0) is 4.79 Å². The number of carboxylic acids is 1. The molecule has 1 saturated heterocycles. The molecule has 0 bridgehead atoms. The third kappa shape index (κ3) is 6.87. The third-order valence-corrected chi connectivity index (χ3v) is 3.59. The molecule has 6 heteroatoms. The monoisotopic (exact) mass is 273 g/mol. The van der Waals surface area contributed by atoms with Gasteiger partial charge in [0.05, 0.1) is 0 Å². The maximum absolute atomic E-state index is 10.7. The molecule has 6 nitrogen and oxygen atoms in total. The minimum Gasteiger partial charge on any atom is -0.481 e. The van der Waals surface area contributed by atoms with E-state index in [-0.39, 0.29) is 13.0 Å². The smallest absolute Gasteiger partial charge is 0.303 e. The van der Waals surface area contributed by atoms with Gasteiger partial charge >= 0.3 is 5.97 Å². The normalized spacial score (nSPS) is 24.5. The van der Waals surface area contributed by atoms with Crippen molar-refractivity contribution in [2.24, 2.45) is 11.7 Å². The van der Waals surface area contributed by atoms with Crippen molar-refractivity contribution in [2.75, 3.05) is 39.3 Å². The van der Waals surface area contributed by atoms with Crippen LogP contribution in [0.3, 0.4) is 0 Å². The summed E-state index contributed by atoms with van der Waals surface area (Å²) in [6.07, 6.45) is 2.74. The van der Waals surface area contributed by atoms with Crippen molar-refractivity contribution < 1.29 is 15.0 Å². The van der Waals surface area contributed by atoms with Crippen LogP contribution in [0.1, 0.15) is 25.7 Å². The van der Waals surface area contributed by atoms with Crippen LogP contribution in [0.4, 0.5) is 0 Å². The van der Waals surface area contributed by atoms with Gasteiger partial charge in [-0.1, -0.05) is 0 Å². The number of nitrogens with one attached hydrogen (secondary N) is 1. The Kier molecular flexibility index (Phi) is 7.97. The lowest BCUT2D eigenvalue weighted by atomic mass is 9.90. The van der Waals surface area contributed by atoms with Crippen LogP contribution in [0.15, 0.2) is 0 Å². The molecular weight excluding hydrogens is 246 g/mol. The van der Waals surface area contributed by atoms with E-state index in [4.69, 9.17) is 15.9 Å². The molecule has 19 heavy (non-hydrogen) atoms. The number of aliphatic carboxylic acids is 1. The number of aliphatic hydroxyl groups is 1. The zero-order valence-electron chi connectivity index (χ0n) is 11.6. The largest absolute Gasteiger partial charge is 0.481 e. The summed E-state index contributed by atoms with van der Waals surface area (Å²) in [7, 11) is 0. The minimum atomic E-state index is -0.722. The Labute approximate surface area is 115 Å². The second-order valence-corrected chi connectivity index (χ2v) is 5.31. The SMILES string of the molecule is NCCN1CC(CCC(=O)O)CC(NCCCO)C1. The average molecular weight is 273 g/mol. The first-order valence-electron chi connectivity index (χ1n) is 7.14. The van der Waals surface area contributed by atoms with E-state index in [2.05, 4.69) is 10.2 Å². The minimum absolute atomic E-state index is 0.203. The predicted molar refractivity (Wildman–Crippen MR) is 74.0 cm³/mol. The van der Waals surface area contributed by atoms with Crippen LogP contribution in [-0.4, -0.2) is 66.5 Å². The molecule has 2 atom stereocenters.